The standard InChI is InChI=1S/C8H7NO.C6H7N/c10-8-5-6-3-1-2-4-7(6)9-8;1-2-4-6-7-5-3-1/h1-4H,5H2,(H,9,10);1-7H. The molecule has 0 fully saturated rings. The predicted octanol–water partition coefficient (Wildman–Crippen LogP) is 2.35. The van der Waals surface area contributed by atoms with Crippen molar-refractivity contribution in [1.82, 2.24) is 5.32 Å². The van der Waals surface area contributed by atoms with Crippen molar-refractivity contribution in [2.24, 2.45) is 0 Å². The second-order valence-corrected chi connectivity index (χ2v) is 3.65. The lowest BCUT2D eigenvalue weighted by Gasteiger charge is -1.93. The number of carbonyl (C=O) groups is 1. The zero-order chi connectivity index (χ0) is 11.9. The molecule has 1 aromatic rings. The number of hydrogen-bond acceptors (Lipinski definition) is 2. The molecule has 3 nitrogen and oxygen atoms in total. The average Bonchev–Trinajstić information content (AvgIpc) is 2.57. The number of anilines is 1. The summed E-state index contributed by atoms with van der Waals surface area (Å²) in [6.45, 7) is 0. The molecular formula is C14H14N2O. The third kappa shape index (κ3) is 3.34. The first-order valence-corrected chi connectivity index (χ1v) is 5.48. The molecule has 2 aliphatic rings. The maximum atomic E-state index is 10.8. The zero-order valence-electron chi connectivity index (χ0n) is 9.39. The molecular weight excluding hydrogens is 212 g/mol. The van der Waals surface area contributed by atoms with Gasteiger partial charge < -0.3 is 10.6 Å². The summed E-state index contributed by atoms with van der Waals surface area (Å²) >= 11 is 0. The molecule has 3 heteroatoms. The molecule has 0 bridgehead atoms. The fourth-order valence-electron chi connectivity index (χ4n) is 1.57. The first kappa shape index (κ1) is 11.2. The van der Waals surface area contributed by atoms with E-state index in [0.29, 0.717) is 6.42 Å². The van der Waals surface area contributed by atoms with Crippen LogP contribution in [0.5, 0.6) is 0 Å². The third-order valence-corrected chi connectivity index (χ3v) is 2.36. The Labute approximate surface area is 101 Å². The molecule has 3 rings (SSSR count). The molecule has 2 aliphatic heterocycles. The van der Waals surface area contributed by atoms with Crippen molar-refractivity contribution in [2.75, 3.05) is 5.32 Å². The number of carbonyl (C=O) groups excluding carboxylic acids is 1. The van der Waals surface area contributed by atoms with E-state index in [1.807, 2.05) is 61.0 Å². The molecule has 0 aromatic heterocycles. The highest BCUT2D eigenvalue weighted by Gasteiger charge is 2.15. The van der Waals surface area contributed by atoms with Gasteiger partial charge in [0.25, 0.3) is 0 Å². The van der Waals surface area contributed by atoms with E-state index < -0.39 is 0 Å². The van der Waals surface area contributed by atoms with Crippen LogP contribution in [0, 0.1) is 0 Å². The number of nitrogens with one attached hydrogen (secondary N) is 2. The molecule has 1 aromatic carbocycles. The van der Waals surface area contributed by atoms with Crippen molar-refractivity contribution in [3.8, 4) is 0 Å². The summed E-state index contributed by atoms with van der Waals surface area (Å²) < 4.78 is 0. The minimum Gasteiger partial charge on any atom is -0.368 e. The fraction of sp³-hybridized carbons (Fsp3) is 0.0714. The average molecular weight is 226 g/mol. The van der Waals surface area contributed by atoms with Gasteiger partial charge in [0.15, 0.2) is 0 Å². The monoisotopic (exact) mass is 226 g/mol. The Morgan fingerprint density at radius 1 is 0.941 bits per heavy atom. The van der Waals surface area contributed by atoms with Gasteiger partial charge in [-0.3, -0.25) is 4.79 Å². The summed E-state index contributed by atoms with van der Waals surface area (Å²) in [5.74, 6) is 0.0983. The first-order valence-electron chi connectivity index (χ1n) is 5.48. The number of benzene rings is 1. The molecule has 2 heterocycles. The van der Waals surface area contributed by atoms with E-state index in [2.05, 4.69) is 10.6 Å². The SMILES string of the molecule is C1=CC=CNC=C1.O=C1Cc2ccccc2N1. The van der Waals surface area contributed by atoms with Crippen LogP contribution in [0.2, 0.25) is 0 Å². The van der Waals surface area contributed by atoms with Crippen LogP contribution < -0.4 is 10.6 Å². The van der Waals surface area contributed by atoms with Crippen molar-refractivity contribution < 1.29 is 4.79 Å². The maximum absolute atomic E-state index is 10.8. The molecule has 17 heavy (non-hydrogen) atoms. The molecule has 0 saturated carbocycles. The van der Waals surface area contributed by atoms with E-state index in [9.17, 15) is 4.79 Å². The van der Waals surface area contributed by atoms with E-state index in [4.69, 9.17) is 0 Å². The Kier molecular flexibility index (Phi) is 3.76. The van der Waals surface area contributed by atoms with Crippen LogP contribution in [-0.2, 0) is 11.2 Å². The van der Waals surface area contributed by atoms with Crippen molar-refractivity contribution in [1.29, 1.82) is 0 Å². The topological polar surface area (TPSA) is 41.1 Å². The lowest BCUT2D eigenvalue weighted by atomic mass is 10.2. The predicted molar refractivity (Wildman–Crippen MR) is 69.3 cm³/mol. The van der Waals surface area contributed by atoms with Gasteiger partial charge in [0.05, 0.1) is 6.42 Å². The van der Waals surface area contributed by atoms with E-state index in [-0.39, 0.29) is 5.91 Å². The summed E-state index contributed by atoms with van der Waals surface area (Å²) in [6, 6.07) is 7.75. The molecule has 2 N–H and O–H groups in total. The Hall–Kier alpha value is -2.29. The Bertz CT molecular complexity index is 446. The van der Waals surface area contributed by atoms with E-state index in [0.717, 1.165) is 11.3 Å². The number of hydrogen-bond donors (Lipinski definition) is 2. The molecule has 1 amide bonds. The highest BCUT2D eigenvalue weighted by atomic mass is 16.1. The molecule has 0 spiro atoms. The van der Waals surface area contributed by atoms with Gasteiger partial charge in [0, 0.05) is 18.1 Å². The maximum Gasteiger partial charge on any atom is 0.228 e. The van der Waals surface area contributed by atoms with E-state index >= 15 is 0 Å². The summed E-state index contributed by atoms with van der Waals surface area (Å²) in [4.78, 5) is 10.8. The van der Waals surface area contributed by atoms with Gasteiger partial charge in [-0.25, -0.2) is 0 Å². The van der Waals surface area contributed by atoms with Gasteiger partial charge in [0.1, 0.15) is 0 Å². The molecule has 86 valence electrons. The zero-order valence-corrected chi connectivity index (χ0v) is 9.39. The van der Waals surface area contributed by atoms with Crippen LogP contribution >= 0.6 is 0 Å². The van der Waals surface area contributed by atoms with Crippen LogP contribution in [0.3, 0.4) is 0 Å². The largest absolute Gasteiger partial charge is 0.368 e. The second-order valence-electron chi connectivity index (χ2n) is 3.65. The van der Waals surface area contributed by atoms with Gasteiger partial charge in [0.2, 0.25) is 5.91 Å². The molecule has 0 aliphatic carbocycles. The van der Waals surface area contributed by atoms with Gasteiger partial charge >= 0.3 is 0 Å². The molecule has 0 atom stereocenters. The number of rotatable bonds is 0. The quantitative estimate of drug-likeness (QED) is 0.713. The molecule has 0 saturated heterocycles. The second kappa shape index (κ2) is 5.70. The van der Waals surface area contributed by atoms with Crippen molar-refractivity contribution in [3.63, 3.8) is 0 Å². The van der Waals surface area contributed by atoms with Crippen molar-refractivity contribution >= 4 is 11.6 Å². The van der Waals surface area contributed by atoms with Crippen LogP contribution in [0.1, 0.15) is 5.56 Å². The van der Waals surface area contributed by atoms with E-state index in [1.54, 1.807) is 0 Å². The van der Waals surface area contributed by atoms with Crippen molar-refractivity contribution in [3.05, 3.63) is 66.5 Å². The minimum atomic E-state index is 0.0983. The van der Waals surface area contributed by atoms with Crippen LogP contribution in [0.15, 0.2) is 61.0 Å². The van der Waals surface area contributed by atoms with Gasteiger partial charge in [-0.2, -0.15) is 0 Å². The molecule has 0 radical (unpaired) electrons. The third-order valence-electron chi connectivity index (χ3n) is 2.36. The summed E-state index contributed by atoms with van der Waals surface area (Å²) in [6.07, 6.45) is 12.1. The lowest BCUT2D eigenvalue weighted by molar-refractivity contribution is -0.115. The van der Waals surface area contributed by atoms with Gasteiger partial charge in [-0.1, -0.05) is 30.4 Å². The Morgan fingerprint density at radius 2 is 1.65 bits per heavy atom. The minimum absolute atomic E-state index is 0.0983. The van der Waals surface area contributed by atoms with Gasteiger partial charge in [-0.15, -0.1) is 0 Å². The van der Waals surface area contributed by atoms with Gasteiger partial charge in [-0.05, 0) is 23.8 Å². The lowest BCUT2D eigenvalue weighted by Crippen LogP contribution is -2.03. The number of fused-ring (bicyclic) bond motifs is 1. The normalized spacial score (nSPS) is 15.2. The highest BCUT2D eigenvalue weighted by Crippen LogP contribution is 2.20. The van der Waals surface area contributed by atoms with E-state index in [1.165, 1.54) is 0 Å². The fourth-order valence-corrected chi connectivity index (χ4v) is 1.57. The number of amides is 1. The number of para-hydroxylation sites is 1. The Morgan fingerprint density at radius 3 is 2.35 bits per heavy atom. The van der Waals surface area contributed by atoms with Crippen LogP contribution in [0.4, 0.5) is 5.69 Å². The molecule has 0 unspecified atom stereocenters. The highest BCUT2D eigenvalue weighted by molar-refractivity contribution is 5.98. The summed E-state index contributed by atoms with van der Waals surface area (Å²) in [5.41, 5.74) is 2.07. The van der Waals surface area contributed by atoms with Crippen LogP contribution in [0.25, 0.3) is 0 Å². The van der Waals surface area contributed by atoms with Crippen molar-refractivity contribution in [2.45, 2.75) is 6.42 Å². The number of allylic oxidation sites excluding steroid dienone is 4. The summed E-state index contributed by atoms with van der Waals surface area (Å²) in [7, 11) is 0. The summed E-state index contributed by atoms with van der Waals surface area (Å²) in [5, 5.41) is 5.68. The smallest absolute Gasteiger partial charge is 0.228 e. The van der Waals surface area contributed by atoms with Crippen LogP contribution in [-0.4, -0.2) is 5.91 Å². The Balaban J connectivity index is 0.000000136. The first-order chi connectivity index (χ1) is 8.36.